The normalized spacial score (nSPS) is 10.3. The van der Waals surface area contributed by atoms with Crippen molar-refractivity contribution in [3.8, 4) is 5.75 Å². The van der Waals surface area contributed by atoms with E-state index in [9.17, 15) is 9.90 Å². The van der Waals surface area contributed by atoms with Crippen LogP contribution >= 0.6 is 23.4 Å². The van der Waals surface area contributed by atoms with Crippen LogP contribution in [0.5, 0.6) is 5.75 Å². The molecule has 0 radical (unpaired) electrons. The molecular formula is C12H16ClNO3S. The molecule has 4 nitrogen and oxygen atoms in total. The van der Waals surface area contributed by atoms with Crippen LogP contribution in [0.4, 0.5) is 0 Å². The van der Waals surface area contributed by atoms with Gasteiger partial charge in [-0.2, -0.15) is 11.8 Å². The van der Waals surface area contributed by atoms with Crippen molar-refractivity contribution in [3.63, 3.8) is 0 Å². The van der Waals surface area contributed by atoms with E-state index in [1.807, 2.05) is 0 Å². The lowest BCUT2D eigenvalue weighted by molar-refractivity contribution is 0.0953. The van der Waals surface area contributed by atoms with Gasteiger partial charge in [0.05, 0.1) is 5.56 Å². The predicted octanol–water partition coefficient (Wildman–Crippen LogP) is 1.89. The lowest BCUT2D eigenvalue weighted by atomic mass is 10.2. The van der Waals surface area contributed by atoms with Crippen molar-refractivity contribution in [2.75, 3.05) is 24.7 Å². The molecule has 0 unspecified atom stereocenters. The zero-order valence-corrected chi connectivity index (χ0v) is 11.4. The average Bonchev–Trinajstić information content (AvgIpc) is 2.36. The number of carbonyl (C=O) groups excluding carboxylic acids is 1. The van der Waals surface area contributed by atoms with Crippen molar-refractivity contribution in [3.05, 3.63) is 28.8 Å². The number of hydrogen-bond donors (Lipinski definition) is 3. The van der Waals surface area contributed by atoms with E-state index in [2.05, 4.69) is 5.32 Å². The molecule has 0 spiro atoms. The van der Waals surface area contributed by atoms with Crippen molar-refractivity contribution in [1.82, 2.24) is 5.32 Å². The summed E-state index contributed by atoms with van der Waals surface area (Å²) in [7, 11) is 0. The highest BCUT2D eigenvalue weighted by atomic mass is 35.5. The highest BCUT2D eigenvalue weighted by molar-refractivity contribution is 7.99. The maximum absolute atomic E-state index is 11.7. The zero-order chi connectivity index (χ0) is 13.4. The van der Waals surface area contributed by atoms with Gasteiger partial charge in [-0.1, -0.05) is 11.6 Å². The standard InChI is InChI=1S/C12H16ClNO3S/c13-9-2-3-11(16)10(8-9)12(17)14-4-7-18-6-1-5-15/h2-3,8,15-16H,1,4-7H2,(H,14,17). The van der Waals surface area contributed by atoms with Gasteiger partial charge in [-0.25, -0.2) is 0 Å². The van der Waals surface area contributed by atoms with Gasteiger partial charge in [0.2, 0.25) is 0 Å². The number of benzene rings is 1. The molecule has 100 valence electrons. The number of amides is 1. The van der Waals surface area contributed by atoms with Crippen LogP contribution in [-0.2, 0) is 0 Å². The van der Waals surface area contributed by atoms with Gasteiger partial charge in [-0.3, -0.25) is 4.79 Å². The Balaban J connectivity index is 2.34. The van der Waals surface area contributed by atoms with Gasteiger partial charge in [0.15, 0.2) is 0 Å². The summed E-state index contributed by atoms with van der Waals surface area (Å²) in [6.07, 6.45) is 0.758. The number of nitrogens with one attached hydrogen (secondary N) is 1. The fourth-order valence-corrected chi connectivity index (χ4v) is 2.25. The smallest absolute Gasteiger partial charge is 0.255 e. The Hall–Kier alpha value is -0.910. The van der Waals surface area contributed by atoms with Gasteiger partial charge in [0.25, 0.3) is 5.91 Å². The first-order valence-corrected chi connectivity index (χ1v) is 7.13. The first-order chi connectivity index (χ1) is 8.65. The van der Waals surface area contributed by atoms with E-state index in [1.165, 1.54) is 18.2 Å². The molecule has 1 aromatic carbocycles. The highest BCUT2D eigenvalue weighted by Gasteiger charge is 2.10. The third-order valence-electron chi connectivity index (χ3n) is 2.18. The second kappa shape index (κ2) is 8.24. The number of carbonyl (C=O) groups is 1. The molecule has 0 aromatic heterocycles. The molecule has 0 saturated heterocycles. The molecule has 0 heterocycles. The maximum atomic E-state index is 11.7. The Bertz CT molecular complexity index is 401. The SMILES string of the molecule is O=C(NCCSCCCO)c1cc(Cl)ccc1O. The second-order valence-electron chi connectivity index (χ2n) is 3.61. The molecule has 1 rings (SSSR count). The summed E-state index contributed by atoms with van der Waals surface area (Å²) in [5, 5.41) is 21.2. The topological polar surface area (TPSA) is 69.6 Å². The summed E-state index contributed by atoms with van der Waals surface area (Å²) in [4.78, 5) is 11.7. The number of aliphatic hydroxyl groups excluding tert-OH is 1. The molecule has 1 aromatic rings. The maximum Gasteiger partial charge on any atom is 0.255 e. The van der Waals surface area contributed by atoms with E-state index in [0.29, 0.717) is 11.6 Å². The molecule has 18 heavy (non-hydrogen) atoms. The Morgan fingerprint density at radius 3 is 2.89 bits per heavy atom. The Morgan fingerprint density at radius 2 is 2.17 bits per heavy atom. The lowest BCUT2D eigenvalue weighted by Crippen LogP contribution is -2.25. The zero-order valence-electron chi connectivity index (χ0n) is 9.86. The van der Waals surface area contributed by atoms with Gasteiger partial charge >= 0.3 is 0 Å². The molecular weight excluding hydrogens is 274 g/mol. The molecule has 1 amide bonds. The first kappa shape index (κ1) is 15.1. The summed E-state index contributed by atoms with van der Waals surface area (Å²) in [6, 6.07) is 4.36. The van der Waals surface area contributed by atoms with Gasteiger partial charge in [-0.15, -0.1) is 0 Å². The van der Waals surface area contributed by atoms with Crippen LogP contribution < -0.4 is 5.32 Å². The summed E-state index contributed by atoms with van der Waals surface area (Å²) < 4.78 is 0. The average molecular weight is 290 g/mol. The summed E-state index contributed by atoms with van der Waals surface area (Å²) in [5.74, 6) is 1.23. The lowest BCUT2D eigenvalue weighted by Gasteiger charge is -2.07. The molecule has 0 aliphatic heterocycles. The molecule has 0 bridgehead atoms. The molecule has 3 N–H and O–H groups in total. The number of phenolic OH excluding ortho intramolecular Hbond substituents is 1. The van der Waals surface area contributed by atoms with E-state index in [0.717, 1.165) is 17.9 Å². The van der Waals surface area contributed by atoms with Gasteiger partial charge in [0.1, 0.15) is 5.75 Å². The fourth-order valence-electron chi connectivity index (χ4n) is 1.29. The van der Waals surface area contributed by atoms with Crippen molar-refractivity contribution < 1.29 is 15.0 Å². The first-order valence-electron chi connectivity index (χ1n) is 5.60. The minimum atomic E-state index is -0.335. The number of hydrogen-bond acceptors (Lipinski definition) is 4. The molecule has 6 heteroatoms. The third kappa shape index (κ3) is 5.16. The Kier molecular flexibility index (Phi) is 6.93. The van der Waals surface area contributed by atoms with Crippen molar-refractivity contribution >= 4 is 29.3 Å². The minimum Gasteiger partial charge on any atom is -0.507 e. The summed E-state index contributed by atoms with van der Waals surface area (Å²) in [6.45, 7) is 0.705. The number of aromatic hydroxyl groups is 1. The second-order valence-corrected chi connectivity index (χ2v) is 5.27. The molecule has 0 fully saturated rings. The van der Waals surface area contributed by atoms with E-state index >= 15 is 0 Å². The quantitative estimate of drug-likeness (QED) is 0.671. The van der Waals surface area contributed by atoms with Crippen LogP contribution in [0.2, 0.25) is 5.02 Å². The number of halogens is 1. The van der Waals surface area contributed by atoms with E-state index < -0.39 is 0 Å². The van der Waals surface area contributed by atoms with Gasteiger partial charge in [-0.05, 0) is 30.4 Å². The minimum absolute atomic E-state index is 0.0789. The monoisotopic (exact) mass is 289 g/mol. The number of phenols is 1. The van der Waals surface area contributed by atoms with Crippen molar-refractivity contribution in [1.29, 1.82) is 0 Å². The van der Waals surface area contributed by atoms with Crippen LogP contribution in [0.1, 0.15) is 16.8 Å². The van der Waals surface area contributed by atoms with Crippen molar-refractivity contribution in [2.24, 2.45) is 0 Å². The number of rotatable bonds is 7. The van der Waals surface area contributed by atoms with Crippen LogP contribution in [0.3, 0.4) is 0 Å². The summed E-state index contributed by atoms with van der Waals surface area (Å²) >= 11 is 7.42. The van der Waals surface area contributed by atoms with Crippen LogP contribution in [-0.4, -0.2) is 40.8 Å². The molecule has 0 aliphatic carbocycles. The fraction of sp³-hybridized carbons (Fsp3) is 0.417. The summed E-state index contributed by atoms with van der Waals surface area (Å²) in [5.41, 5.74) is 0.183. The molecule has 0 aliphatic rings. The predicted molar refractivity (Wildman–Crippen MR) is 74.5 cm³/mol. The van der Waals surface area contributed by atoms with Crippen LogP contribution in [0.25, 0.3) is 0 Å². The number of aliphatic hydroxyl groups is 1. The van der Waals surface area contributed by atoms with E-state index in [4.69, 9.17) is 16.7 Å². The Morgan fingerprint density at radius 1 is 1.39 bits per heavy atom. The largest absolute Gasteiger partial charge is 0.507 e. The molecule has 0 atom stereocenters. The van der Waals surface area contributed by atoms with Crippen LogP contribution in [0, 0.1) is 0 Å². The van der Waals surface area contributed by atoms with Crippen molar-refractivity contribution in [2.45, 2.75) is 6.42 Å². The third-order valence-corrected chi connectivity index (χ3v) is 3.49. The molecule has 0 saturated carbocycles. The van der Waals surface area contributed by atoms with Crippen LogP contribution in [0.15, 0.2) is 18.2 Å². The number of thioether (sulfide) groups is 1. The van der Waals surface area contributed by atoms with E-state index in [-0.39, 0.29) is 23.8 Å². The highest BCUT2D eigenvalue weighted by Crippen LogP contribution is 2.21. The Labute approximate surface area is 115 Å². The van der Waals surface area contributed by atoms with E-state index in [1.54, 1.807) is 11.8 Å². The van der Waals surface area contributed by atoms with Gasteiger partial charge in [0, 0.05) is 23.9 Å². The van der Waals surface area contributed by atoms with Gasteiger partial charge < -0.3 is 15.5 Å².